The Kier molecular flexibility index (Phi) is 4.07. The van der Waals surface area contributed by atoms with Crippen molar-refractivity contribution in [3.63, 3.8) is 0 Å². The van der Waals surface area contributed by atoms with Gasteiger partial charge in [-0.2, -0.15) is 0 Å². The molecule has 0 atom stereocenters. The van der Waals surface area contributed by atoms with Crippen LogP contribution in [0.3, 0.4) is 0 Å². The van der Waals surface area contributed by atoms with E-state index in [1.165, 1.54) is 6.07 Å². The number of aromatic nitrogens is 1. The number of anilines is 2. The van der Waals surface area contributed by atoms with E-state index >= 15 is 0 Å². The summed E-state index contributed by atoms with van der Waals surface area (Å²) in [6.07, 6.45) is 0. The Bertz CT molecular complexity index is 647. The summed E-state index contributed by atoms with van der Waals surface area (Å²) in [5, 5.41) is 12.1. The average Bonchev–Trinajstić information content (AvgIpc) is 2.34. The van der Waals surface area contributed by atoms with Crippen LogP contribution >= 0.6 is 27.5 Å². The molecule has 0 unspecified atom stereocenters. The molecule has 0 aliphatic carbocycles. The molecule has 1 aromatic heterocycles. The molecule has 0 aliphatic rings. The van der Waals surface area contributed by atoms with Crippen LogP contribution in [0.4, 0.5) is 11.5 Å². The van der Waals surface area contributed by atoms with Crippen molar-refractivity contribution >= 4 is 45.0 Å². The quantitative estimate of drug-likeness (QED) is 0.876. The minimum Gasteiger partial charge on any atom is -0.476 e. The number of carboxylic acids is 1. The van der Waals surface area contributed by atoms with Crippen molar-refractivity contribution in [2.75, 3.05) is 5.32 Å². The second-order valence-electron chi connectivity index (χ2n) is 3.94. The molecule has 0 bridgehead atoms. The first-order valence-corrected chi connectivity index (χ1v) is 6.57. The van der Waals surface area contributed by atoms with Crippen LogP contribution in [-0.2, 0) is 0 Å². The van der Waals surface area contributed by atoms with Gasteiger partial charge in [-0.15, -0.1) is 0 Å². The molecule has 1 heterocycles. The van der Waals surface area contributed by atoms with Crippen LogP contribution < -0.4 is 5.32 Å². The second kappa shape index (κ2) is 5.59. The SMILES string of the molecule is Cc1ccc(Nc2ccc(Cl)c(C(=O)O)n2)c(Br)c1. The minimum absolute atomic E-state index is 0.112. The van der Waals surface area contributed by atoms with Crippen molar-refractivity contribution in [3.8, 4) is 0 Å². The Hall–Kier alpha value is -1.59. The van der Waals surface area contributed by atoms with E-state index in [0.717, 1.165) is 15.7 Å². The molecule has 2 aromatic rings. The fourth-order valence-electron chi connectivity index (χ4n) is 1.52. The molecule has 2 rings (SSSR count). The largest absolute Gasteiger partial charge is 0.476 e. The highest BCUT2D eigenvalue weighted by Crippen LogP contribution is 2.27. The monoisotopic (exact) mass is 340 g/mol. The molecule has 1 aromatic carbocycles. The van der Waals surface area contributed by atoms with E-state index in [0.29, 0.717) is 5.82 Å². The van der Waals surface area contributed by atoms with E-state index < -0.39 is 5.97 Å². The molecule has 4 nitrogen and oxygen atoms in total. The average molecular weight is 342 g/mol. The van der Waals surface area contributed by atoms with Crippen molar-refractivity contribution in [1.82, 2.24) is 4.98 Å². The van der Waals surface area contributed by atoms with Gasteiger partial charge in [0, 0.05) is 4.47 Å². The van der Waals surface area contributed by atoms with Gasteiger partial charge in [-0.25, -0.2) is 9.78 Å². The predicted molar refractivity (Wildman–Crippen MR) is 78.4 cm³/mol. The lowest BCUT2D eigenvalue weighted by Crippen LogP contribution is -2.04. The first-order valence-electron chi connectivity index (χ1n) is 5.40. The van der Waals surface area contributed by atoms with Crippen molar-refractivity contribution in [2.45, 2.75) is 6.92 Å². The number of hydrogen-bond donors (Lipinski definition) is 2. The van der Waals surface area contributed by atoms with Gasteiger partial charge < -0.3 is 10.4 Å². The Balaban J connectivity index is 2.33. The topological polar surface area (TPSA) is 62.2 Å². The molecule has 0 saturated heterocycles. The van der Waals surface area contributed by atoms with Crippen molar-refractivity contribution in [2.24, 2.45) is 0 Å². The van der Waals surface area contributed by atoms with E-state index in [-0.39, 0.29) is 10.7 Å². The first kappa shape index (κ1) is 13.8. The normalized spacial score (nSPS) is 10.3. The van der Waals surface area contributed by atoms with Gasteiger partial charge in [0.05, 0.1) is 10.7 Å². The third-order valence-corrected chi connectivity index (χ3v) is 3.40. The van der Waals surface area contributed by atoms with Crippen LogP contribution in [-0.4, -0.2) is 16.1 Å². The number of rotatable bonds is 3. The highest BCUT2D eigenvalue weighted by Gasteiger charge is 2.12. The number of nitrogens with zero attached hydrogens (tertiary/aromatic N) is 1. The lowest BCUT2D eigenvalue weighted by molar-refractivity contribution is 0.0691. The summed E-state index contributed by atoms with van der Waals surface area (Å²) in [6, 6.07) is 8.91. The summed E-state index contributed by atoms with van der Waals surface area (Å²) in [6.45, 7) is 1.98. The molecule has 0 amide bonds. The zero-order valence-corrected chi connectivity index (χ0v) is 12.3. The fourth-order valence-corrected chi connectivity index (χ4v) is 2.30. The number of halogens is 2. The van der Waals surface area contributed by atoms with Crippen LogP contribution in [0.5, 0.6) is 0 Å². The van der Waals surface area contributed by atoms with Gasteiger partial charge in [0.25, 0.3) is 0 Å². The van der Waals surface area contributed by atoms with Gasteiger partial charge in [0.2, 0.25) is 0 Å². The van der Waals surface area contributed by atoms with Crippen molar-refractivity contribution < 1.29 is 9.90 Å². The number of hydrogen-bond acceptors (Lipinski definition) is 3. The zero-order valence-electron chi connectivity index (χ0n) is 9.95. The number of carboxylic acid groups (broad SMARTS) is 1. The van der Waals surface area contributed by atoms with E-state index in [1.54, 1.807) is 6.07 Å². The Morgan fingerprint density at radius 1 is 1.37 bits per heavy atom. The lowest BCUT2D eigenvalue weighted by Gasteiger charge is -2.09. The minimum atomic E-state index is -1.16. The number of nitrogens with one attached hydrogen (secondary N) is 1. The molecule has 0 saturated carbocycles. The summed E-state index contributed by atoms with van der Waals surface area (Å²) in [7, 11) is 0. The van der Waals surface area contributed by atoms with Crippen molar-refractivity contribution in [1.29, 1.82) is 0 Å². The standard InChI is InChI=1S/C13H10BrClN2O2/c1-7-2-4-10(8(14)6-7)16-11-5-3-9(15)12(17-11)13(18)19/h2-6H,1H3,(H,16,17)(H,18,19). The predicted octanol–water partition coefficient (Wildman–Crippen LogP) is 4.25. The smallest absolute Gasteiger partial charge is 0.356 e. The van der Waals surface area contributed by atoms with Gasteiger partial charge in [-0.1, -0.05) is 17.7 Å². The molecular formula is C13H10BrClN2O2. The maximum absolute atomic E-state index is 11.0. The van der Waals surface area contributed by atoms with Crippen LogP contribution in [0.25, 0.3) is 0 Å². The fraction of sp³-hybridized carbons (Fsp3) is 0.0769. The summed E-state index contributed by atoms with van der Waals surface area (Å²) in [5.74, 6) is -0.733. The second-order valence-corrected chi connectivity index (χ2v) is 5.20. The Morgan fingerprint density at radius 3 is 2.74 bits per heavy atom. The maximum Gasteiger partial charge on any atom is 0.356 e. The highest BCUT2D eigenvalue weighted by molar-refractivity contribution is 9.10. The van der Waals surface area contributed by atoms with E-state index in [9.17, 15) is 4.79 Å². The van der Waals surface area contributed by atoms with E-state index in [2.05, 4.69) is 26.2 Å². The van der Waals surface area contributed by atoms with Gasteiger partial charge in [0.15, 0.2) is 5.69 Å². The van der Waals surface area contributed by atoms with Gasteiger partial charge in [-0.3, -0.25) is 0 Å². The number of aryl methyl sites for hydroxylation is 1. The number of carbonyl (C=O) groups is 1. The van der Waals surface area contributed by atoms with Crippen LogP contribution in [0.15, 0.2) is 34.8 Å². The first-order chi connectivity index (χ1) is 8.97. The molecule has 2 N–H and O–H groups in total. The Labute approximate surface area is 123 Å². The van der Waals surface area contributed by atoms with Crippen LogP contribution in [0.1, 0.15) is 16.1 Å². The zero-order chi connectivity index (χ0) is 14.0. The summed E-state index contributed by atoms with van der Waals surface area (Å²) >= 11 is 9.20. The number of pyridine rings is 1. The third-order valence-electron chi connectivity index (χ3n) is 2.44. The number of benzene rings is 1. The summed E-state index contributed by atoms with van der Waals surface area (Å²) in [4.78, 5) is 14.9. The summed E-state index contributed by atoms with van der Waals surface area (Å²) < 4.78 is 0.876. The molecule has 6 heteroatoms. The molecule has 19 heavy (non-hydrogen) atoms. The maximum atomic E-state index is 11.0. The van der Waals surface area contributed by atoms with Crippen LogP contribution in [0, 0.1) is 6.92 Å². The highest BCUT2D eigenvalue weighted by atomic mass is 79.9. The molecule has 0 radical (unpaired) electrons. The van der Waals surface area contributed by atoms with Crippen LogP contribution in [0.2, 0.25) is 5.02 Å². The Morgan fingerprint density at radius 2 is 2.11 bits per heavy atom. The molecule has 0 aliphatic heterocycles. The van der Waals surface area contributed by atoms with Gasteiger partial charge >= 0.3 is 5.97 Å². The summed E-state index contributed by atoms with van der Waals surface area (Å²) in [5.41, 5.74) is 1.75. The number of aromatic carboxylic acids is 1. The molecular weight excluding hydrogens is 332 g/mol. The van der Waals surface area contributed by atoms with Gasteiger partial charge in [-0.05, 0) is 52.7 Å². The van der Waals surface area contributed by atoms with E-state index in [4.69, 9.17) is 16.7 Å². The molecule has 0 fully saturated rings. The van der Waals surface area contributed by atoms with Gasteiger partial charge in [0.1, 0.15) is 5.82 Å². The van der Waals surface area contributed by atoms with Crippen molar-refractivity contribution in [3.05, 3.63) is 51.1 Å². The lowest BCUT2D eigenvalue weighted by atomic mass is 10.2. The third kappa shape index (κ3) is 3.24. The molecule has 0 spiro atoms. The molecule has 98 valence electrons. The van der Waals surface area contributed by atoms with E-state index in [1.807, 2.05) is 25.1 Å².